The van der Waals surface area contributed by atoms with Crippen LogP contribution in [0.3, 0.4) is 0 Å². The smallest absolute Gasteiger partial charge is 0.287 e. The van der Waals surface area contributed by atoms with Gasteiger partial charge in [0.2, 0.25) is 0 Å². The Balaban J connectivity index is 1.62. The molecule has 0 bridgehead atoms. The Hall–Kier alpha value is -3.11. The monoisotopic (exact) mass is 361 g/mol. The Kier molecular flexibility index (Phi) is 6.61. The van der Waals surface area contributed by atoms with Crippen molar-refractivity contribution < 1.29 is 14.8 Å². The molecule has 0 aromatic heterocycles. The number of nitrogens with one attached hydrogen (secondary N) is 1. The first-order valence-electron chi connectivity index (χ1n) is 9.16. The number of ether oxygens (including phenoxy) is 1. The van der Waals surface area contributed by atoms with Crippen LogP contribution in [-0.4, -0.2) is 19.1 Å². The van der Waals surface area contributed by atoms with E-state index >= 15 is 0 Å². The van der Waals surface area contributed by atoms with E-state index in [0.29, 0.717) is 13.2 Å². The zero-order valence-corrected chi connectivity index (χ0v) is 15.5. The largest absolute Gasteiger partial charge is 0.488 e. The third-order valence-electron chi connectivity index (χ3n) is 4.29. The second-order valence-corrected chi connectivity index (χ2v) is 6.43. The van der Waals surface area contributed by atoms with Gasteiger partial charge in [-0.2, -0.15) is 0 Å². The topological polar surface area (TPSA) is 54.9 Å². The summed E-state index contributed by atoms with van der Waals surface area (Å²) in [7, 11) is 0. The van der Waals surface area contributed by atoms with Crippen molar-refractivity contribution in [3.05, 3.63) is 96.1 Å². The molecule has 3 N–H and O–H groups in total. The maximum absolute atomic E-state index is 12.9. The van der Waals surface area contributed by atoms with Crippen molar-refractivity contribution >= 4 is 11.6 Å². The lowest BCUT2D eigenvalue weighted by Gasteiger charge is -2.16. The van der Waals surface area contributed by atoms with E-state index in [-0.39, 0.29) is 11.9 Å². The third-order valence-corrected chi connectivity index (χ3v) is 4.29. The van der Waals surface area contributed by atoms with E-state index in [1.165, 1.54) is 0 Å². The second kappa shape index (κ2) is 9.55. The van der Waals surface area contributed by atoms with Gasteiger partial charge in [-0.1, -0.05) is 66.2 Å². The van der Waals surface area contributed by atoms with Gasteiger partial charge in [-0.15, -0.1) is 0 Å². The molecule has 27 heavy (non-hydrogen) atoms. The summed E-state index contributed by atoms with van der Waals surface area (Å²) in [6.07, 6.45) is 0. The average Bonchev–Trinajstić information content (AvgIpc) is 2.71. The SMILES string of the molecule is Cc1ccc(NC(=O)[C@@H]([NH2+]CCOc2ccccc2)c2ccccc2)cc1. The highest BCUT2D eigenvalue weighted by Gasteiger charge is 2.23. The minimum atomic E-state index is -0.327. The molecule has 0 saturated heterocycles. The number of rotatable bonds is 8. The molecule has 0 aliphatic carbocycles. The van der Waals surface area contributed by atoms with Crippen LogP contribution in [0.5, 0.6) is 5.75 Å². The van der Waals surface area contributed by atoms with E-state index < -0.39 is 0 Å². The standard InChI is InChI=1S/C23H24N2O2/c1-18-12-14-20(15-13-18)25-23(26)22(19-8-4-2-5-9-19)24-16-17-27-21-10-6-3-7-11-21/h2-15,22,24H,16-17H2,1H3,(H,25,26)/p+1/t22-/m0/s1. The fourth-order valence-electron chi connectivity index (χ4n) is 2.84. The van der Waals surface area contributed by atoms with Crippen LogP contribution in [0.15, 0.2) is 84.9 Å². The van der Waals surface area contributed by atoms with Gasteiger partial charge in [0.15, 0.2) is 6.04 Å². The number of aryl methyl sites for hydroxylation is 1. The lowest BCUT2D eigenvalue weighted by Crippen LogP contribution is -2.88. The van der Waals surface area contributed by atoms with Crippen LogP contribution in [-0.2, 0) is 4.79 Å². The predicted molar refractivity (Wildman–Crippen MR) is 108 cm³/mol. The number of carbonyl (C=O) groups is 1. The lowest BCUT2D eigenvalue weighted by molar-refractivity contribution is -0.682. The molecule has 0 aliphatic rings. The number of anilines is 1. The molecule has 0 unspecified atom stereocenters. The summed E-state index contributed by atoms with van der Waals surface area (Å²) in [6.45, 7) is 3.24. The molecule has 0 radical (unpaired) electrons. The number of quaternary nitrogens is 1. The summed E-state index contributed by atoms with van der Waals surface area (Å²) in [4.78, 5) is 12.9. The number of para-hydroxylation sites is 1. The molecule has 0 aliphatic heterocycles. The van der Waals surface area contributed by atoms with Gasteiger partial charge < -0.3 is 15.4 Å². The van der Waals surface area contributed by atoms with Crippen LogP contribution >= 0.6 is 0 Å². The van der Waals surface area contributed by atoms with Crippen LogP contribution in [0.1, 0.15) is 17.2 Å². The molecule has 3 aromatic rings. The van der Waals surface area contributed by atoms with E-state index in [2.05, 4.69) is 5.32 Å². The van der Waals surface area contributed by atoms with E-state index in [4.69, 9.17) is 4.74 Å². The molecular formula is C23H25N2O2+. The van der Waals surface area contributed by atoms with E-state index in [9.17, 15) is 4.79 Å². The van der Waals surface area contributed by atoms with Crippen LogP contribution in [0.25, 0.3) is 0 Å². The van der Waals surface area contributed by atoms with Crippen LogP contribution < -0.4 is 15.4 Å². The van der Waals surface area contributed by atoms with Crippen molar-refractivity contribution in [1.82, 2.24) is 0 Å². The first-order chi connectivity index (χ1) is 13.2. The average molecular weight is 361 g/mol. The minimum Gasteiger partial charge on any atom is -0.488 e. The molecule has 0 saturated carbocycles. The molecule has 0 heterocycles. The highest BCUT2D eigenvalue weighted by Crippen LogP contribution is 2.14. The Morgan fingerprint density at radius 1 is 0.926 bits per heavy atom. The first-order valence-corrected chi connectivity index (χ1v) is 9.16. The molecule has 4 heteroatoms. The number of amides is 1. The summed E-state index contributed by atoms with van der Waals surface area (Å²) in [5.74, 6) is 0.802. The van der Waals surface area contributed by atoms with Gasteiger partial charge in [-0.3, -0.25) is 4.79 Å². The highest BCUT2D eigenvalue weighted by molar-refractivity contribution is 5.94. The first kappa shape index (κ1) is 18.7. The fraction of sp³-hybridized carbons (Fsp3) is 0.174. The van der Waals surface area contributed by atoms with Gasteiger partial charge in [-0.05, 0) is 31.2 Å². The van der Waals surface area contributed by atoms with Crippen molar-refractivity contribution in [2.45, 2.75) is 13.0 Å². The second-order valence-electron chi connectivity index (χ2n) is 6.43. The molecule has 1 atom stereocenters. The molecule has 3 aromatic carbocycles. The summed E-state index contributed by atoms with van der Waals surface area (Å²) < 4.78 is 5.74. The van der Waals surface area contributed by atoms with Gasteiger partial charge >= 0.3 is 0 Å². The number of hydrogen-bond donors (Lipinski definition) is 2. The van der Waals surface area contributed by atoms with E-state index in [1.807, 2.05) is 97.2 Å². The summed E-state index contributed by atoms with van der Waals surface area (Å²) >= 11 is 0. The predicted octanol–water partition coefficient (Wildman–Crippen LogP) is 3.32. The van der Waals surface area contributed by atoms with Crippen molar-refractivity contribution in [3.63, 3.8) is 0 Å². The van der Waals surface area contributed by atoms with Gasteiger partial charge in [0.1, 0.15) is 18.9 Å². The van der Waals surface area contributed by atoms with Crippen molar-refractivity contribution in [2.24, 2.45) is 0 Å². The maximum Gasteiger partial charge on any atom is 0.287 e. The molecule has 4 nitrogen and oxygen atoms in total. The normalized spacial score (nSPS) is 11.6. The van der Waals surface area contributed by atoms with Gasteiger partial charge in [0.25, 0.3) is 5.91 Å². The zero-order valence-electron chi connectivity index (χ0n) is 15.5. The van der Waals surface area contributed by atoms with Crippen molar-refractivity contribution in [2.75, 3.05) is 18.5 Å². The van der Waals surface area contributed by atoms with Crippen molar-refractivity contribution in [1.29, 1.82) is 0 Å². The summed E-state index contributed by atoms with van der Waals surface area (Å²) in [6, 6.07) is 27.0. The highest BCUT2D eigenvalue weighted by atomic mass is 16.5. The van der Waals surface area contributed by atoms with E-state index in [0.717, 1.165) is 22.6 Å². The minimum absolute atomic E-state index is 0.0373. The molecule has 0 spiro atoms. The third kappa shape index (κ3) is 5.69. The Labute approximate surface area is 160 Å². The van der Waals surface area contributed by atoms with Crippen LogP contribution in [0.4, 0.5) is 5.69 Å². The molecule has 3 rings (SSSR count). The van der Waals surface area contributed by atoms with Gasteiger partial charge in [-0.25, -0.2) is 0 Å². The summed E-state index contributed by atoms with van der Waals surface area (Å²) in [5, 5.41) is 5.03. The molecule has 138 valence electrons. The molecular weight excluding hydrogens is 336 g/mol. The molecule has 0 fully saturated rings. The number of benzene rings is 3. The molecule has 1 amide bonds. The van der Waals surface area contributed by atoms with Crippen LogP contribution in [0.2, 0.25) is 0 Å². The summed E-state index contributed by atoms with van der Waals surface area (Å²) in [5.41, 5.74) is 2.94. The number of carbonyl (C=O) groups excluding carboxylic acids is 1. The van der Waals surface area contributed by atoms with Gasteiger partial charge in [0.05, 0.1) is 0 Å². The lowest BCUT2D eigenvalue weighted by atomic mass is 10.1. The van der Waals surface area contributed by atoms with Crippen LogP contribution in [0, 0.1) is 6.92 Å². The Morgan fingerprint density at radius 2 is 1.56 bits per heavy atom. The van der Waals surface area contributed by atoms with Crippen molar-refractivity contribution in [3.8, 4) is 5.75 Å². The fourth-order valence-corrected chi connectivity index (χ4v) is 2.84. The van der Waals surface area contributed by atoms with Gasteiger partial charge in [0, 0.05) is 11.3 Å². The quantitative estimate of drug-likeness (QED) is 0.605. The number of hydrogen-bond acceptors (Lipinski definition) is 2. The Morgan fingerprint density at radius 3 is 2.22 bits per heavy atom. The maximum atomic E-state index is 12.9. The Bertz CT molecular complexity index is 833. The zero-order chi connectivity index (χ0) is 18.9. The number of nitrogens with two attached hydrogens (primary N) is 1. The van der Waals surface area contributed by atoms with E-state index in [1.54, 1.807) is 0 Å².